The largest absolute Gasteiger partial charge is 0.464 e. The molecule has 35 heavy (non-hydrogen) atoms. The van der Waals surface area contributed by atoms with E-state index < -0.39 is 11.6 Å². The zero-order valence-corrected chi connectivity index (χ0v) is 20.7. The van der Waals surface area contributed by atoms with Crippen molar-refractivity contribution in [1.82, 2.24) is 10.5 Å². The maximum absolute atomic E-state index is 13.4. The van der Waals surface area contributed by atoms with Crippen LogP contribution in [0.25, 0.3) is 10.9 Å². The molecule has 0 saturated heterocycles. The summed E-state index contributed by atoms with van der Waals surface area (Å²) in [4.78, 5) is 37.6. The molecule has 2 N–H and O–H groups in total. The van der Waals surface area contributed by atoms with Crippen LogP contribution in [0, 0.1) is 5.92 Å². The van der Waals surface area contributed by atoms with Crippen LogP contribution in [0.1, 0.15) is 39.7 Å². The van der Waals surface area contributed by atoms with Crippen molar-refractivity contribution in [3.8, 4) is 0 Å². The predicted molar refractivity (Wildman–Crippen MR) is 137 cm³/mol. The molecule has 1 aromatic heterocycles. The van der Waals surface area contributed by atoms with Gasteiger partial charge in [-0.15, -0.1) is 0 Å². The molecule has 1 aliphatic rings. The first-order chi connectivity index (χ1) is 16.9. The number of hydroxylamine groups is 1. The number of anilines is 1. The lowest BCUT2D eigenvalue weighted by Gasteiger charge is -2.34. The Morgan fingerprint density at radius 2 is 1.77 bits per heavy atom. The summed E-state index contributed by atoms with van der Waals surface area (Å²) in [7, 11) is 0. The lowest BCUT2D eigenvalue weighted by molar-refractivity contribution is -0.168. The highest BCUT2D eigenvalue weighted by atomic mass is 16.7. The summed E-state index contributed by atoms with van der Waals surface area (Å²) >= 11 is 0. The van der Waals surface area contributed by atoms with Gasteiger partial charge in [0.25, 0.3) is 0 Å². The topological polar surface area (TPSA) is 83.7 Å². The number of nitrogens with zero attached hydrogens (tertiary/aromatic N) is 1. The molecule has 0 bridgehead atoms. The third kappa shape index (κ3) is 4.82. The van der Waals surface area contributed by atoms with Crippen LogP contribution in [0.4, 0.5) is 5.69 Å². The van der Waals surface area contributed by atoms with Gasteiger partial charge < -0.3 is 14.6 Å². The number of amides is 1. The van der Waals surface area contributed by atoms with Crippen LogP contribution in [0.2, 0.25) is 0 Å². The summed E-state index contributed by atoms with van der Waals surface area (Å²) in [6, 6.07) is 17.2. The van der Waals surface area contributed by atoms with E-state index >= 15 is 0 Å². The standard InChI is InChI=1S/C28H33N3O4/c1-5-25(32)31(24-18-29-22-15-11-10-14-21(22)24)26(19(3)4)23-17-28(35-30-23,27(33)34-6-2)16-20-12-8-7-9-13-20/h7-15,17-19,26,29-30H,5-6,16H2,1-4H3/t26-,28?/m0/s1. The maximum atomic E-state index is 13.4. The van der Waals surface area contributed by atoms with Crippen molar-refractivity contribution in [2.75, 3.05) is 11.5 Å². The number of para-hydroxylation sites is 1. The third-order valence-corrected chi connectivity index (χ3v) is 6.30. The predicted octanol–water partition coefficient (Wildman–Crippen LogP) is 4.90. The van der Waals surface area contributed by atoms with Gasteiger partial charge >= 0.3 is 5.97 Å². The Kier molecular flexibility index (Phi) is 7.26. The van der Waals surface area contributed by atoms with Crippen LogP contribution >= 0.6 is 0 Å². The molecule has 0 spiro atoms. The Hall–Kier alpha value is -3.58. The lowest BCUT2D eigenvalue weighted by Crippen LogP contribution is -2.46. The Morgan fingerprint density at radius 3 is 2.46 bits per heavy atom. The van der Waals surface area contributed by atoms with Crippen molar-refractivity contribution >= 4 is 28.5 Å². The van der Waals surface area contributed by atoms with Crippen molar-refractivity contribution in [3.63, 3.8) is 0 Å². The molecule has 7 nitrogen and oxygen atoms in total. The minimum absolute atomic E-state index is 0.0205. The third-order valence-electron chi connectivity index (χ3n) is 6.30. The molecule has 1 unspecified atom stereocenters. The number of hydrogen-bond acceptors (Lipinski definition) is 5. The quantitative estimate of drug-likeness (QED) is 0.430. The van der Waals surface area contributed by atoms with Crippen molar-refractivity contribution < 1.29 is 19.2 Å². The minimum Gasteiger partial charge on any atom is -0.464 e. The Bertz CT molecular complexity index is 1220. The Labute approximate surface area is 206 Å². The summed E-state index contributed by atoms with van der Waals surface area (Å²) in [5.41, 5.74) is 5.04. The van der Waals surface area contributed by atoms with Gasteiger partial charge in [-0.25, -0.2) is 4.79 Å². The second-order valence-corrected chi connectivity index (χ2v) is 9.10. The summed E-state index contributed by atoms with van der Waals surface area (Å²) < 4.78 is 5.41. The fourth-order valence-electron chi connectivity index (χ4n) is 4.68. The molecule has 184 valence electrons. The molecule has 4 rings (SSSR count). The molecular formula is C28H33N3O4. The van der Waals surface area contributed by atoms with Gasteiger partial charge in [0.1, 0.15) is 0 Å². The second-order valence-electron chi connectivity index (χ2n) is 9.10. The van der Waals surface area contributed by atoms with Gasteiger partial charge in [-0.05, 0) is 30.5 Å². The second kappa shape index (κ2) is 10.4. The number of ether oxygens (including phenoxy) is 1. The van der Waals surface area contributed by atoms with Crippen molar-refractivity contribution in [2.24, 2.45) is 5.92 Å². The van der Waals surface area contributed by atoms with Crippen molar-refractivity contribution in [3.05, 3.63) is 78.1 Å². The van der Waals surface area contributed by atoms with Gasteiger partial charge in [-0.3, -0.25) is 15.1 Å². The number of H-pyrrole nitrogens is 1. The van der Waals surface area contributed by atoms with Gasteiger partial charge in [0.15, 0.2) is 0 Å². The highest BCUT2D eigenvalue weighted by molar-refractivity contribution is 6.04. The van der Waals surface area contributed by atoms with Crippen LogP contribution in [-0.2, 0) is 25.6 Å². The molecule has 2 atom stereocenters. The van der Waals surface area contributed by atoms with E-state index in [0.29, 0.717) is 18.5 Å². The van der Waals surface area contributed by atoms with Crippen molar-refractivity contribution in [2.45, 2.75) is 52.2 Å². The summed E-state index contributed by atoms with van der Waals surface area (Å²) in [6.07, 6.45) is 4.31. The number of nitrogens with one attached hydrogen (secondary N) is 2. The number of benzene rings is 2. The van der Waals surface area contributed by atoms with E-state index in [-0.39, 0.29) is 24.5 Å². The molecule has 2 aromatic carbocycles. The van der Waals surface area contributed by atoms with Crippen LogP contribution in [-0.4, -0.2) is 35.1 Å². The van der Waals surface area contributed by atoms with E-state index in [2.05, 4.69) is 24.3 Å². The van der Waals surface area contributed by atoms with E-state index in [0.717, 1.165) is 22.2 Å². The monoisotopic (exact) mass is 475 g/mol. The SMILES string of the molecule is CCOC(=O)C1(Cc2ccccc2)C=C([C@H](C(C)C)N(C(=O)CC)c2c[nH]c3ccccc23)NO1. The molecule has 0 saturated carbocycles. The number of carbonyl (C=O) groups excluding carboxylic acids is 2. The smallest absolute Gasteiger partial charge is 0.345 e. The Morgan fingerprint density at radius 1 is 1.06 bits per heavy atom. The van der Waals surface area contributed by atoms with E-state index in [4.69, 9.17) is 9.57 Å². The van der Waals surface area contributed by atoms with E-state index in [1.807, 2.05) is 72.6 Å². The van der Waals surface area contributed by atoms with E-state index in [1.54, 1.807) is 13.0 Å². The fraction of sp³-hybridized carbons (Fsp3) is 0.357. The molecular weight excluding hydrogens is 442 g/mol. The van der Waals surface area contributed by atoms with Gasteiger partial charge in [-0.2, -0.15) is 0 Å². The van der Waals surface area contributed by atoms with Gasteiger partial charge in [0.05, 0.1) is 24.0 Å². The summed E-state index contributed by atoms with van der Waals surface area (Å²) in [5.74, 6) is -0.460. The van der Waals surface area contributed by atoms with Crippen LogP contribution < -0.4 is 10.4 Å². The van der Waals surface area contributed by atoms with Gasteiger partial charge in [0, 0.05) is 29.9 Å². The molecule has 2 heterocycles. The highest BCUT2D eigenvalue weighted by Crippen LogP contribution is 2.36. The number of carbonyl (C=O) groups is 2. The van der Waals surface area contributed by atoms with Crippen LogP contribution in [0.3, 0.4) is 0 Å². The summed E-state index contributed by atoms with van der Waals surface area (Å²) in [6.45, 7) is 7.98. The Balaban J connectivity index is 1.80. The number of hydrogen-bond donors (Lipinski definition) is 2. The number of fused-ring (bicyclic) bond motifs is 1. The average Bonchev–Trinajstić information content (AvgIpc) is 3.48. The molecule has 1 amide bonds. The molecule has 0 radical (unpaired) electrons. The normalized spacial score (nSPS) is 18.3. The number of aromatic amines is 1. The molecule has 7 heteroatoms. The fourth-order valence-corrected chi connectivity index (χ4v) is 4.68. The molecule has 3 aromatic rings. The number of aromatic nitrogens is 1. The first kappa shape index (κ1) is 24.5. The molecule has 0 aliphatic carbocycles. The highest BCUT2D eigenvalue weighted by Gasteiger charge is 2.47. The summed E-state index contributed by atoms with van der Waals surface area (Å²) in [5, 5.41) is 0.959. The number of esters is 1. The molecule has 1 aliphatic heterocycles. The minimum atomic E-state index is -1.33. The van der Waals surface area contributed by atoms with E-state index in [1.165, 1.54) is 0 Å². The van der Waals surface area contributed by atoms with Crippen molar-refractivity contribution in [1.29, 1.82) is 0 Å². The zero-order valence-electron chi connectivity index (χ0n) is 20.7. The first-order valence-corrected chi connectivity index (χ1v) is 12.2. The van der Waals surface area contributed by atoms with E-state index in [9.17, 15) is 9.59 Å². The van der Waals surface area contributed by atoms with Crippen LogP contribution in [0.15, 0.2) is 72.6 Å². The first-order valence-electron chi connectivity index (χ1n) is 12.2. The zero-order chi connectivity index (χ0) is 25.0. The lowest BCUT2D eigenvalue weighted by atomic mass is 9.90. The molecule has 0 fully saturated rings. The van der Waals surface area contributed by atoms with Gasteiger partial charge in [-0.1, -0.05) is 69.3 Å². The van der Waals surface area contributed by atoms with Crippen LogP contribution in [0.5, 0.6) is 0 Å². The van der Waals surface area contributed by atoms with Gasteiger partial charge in [0.2, 0.25) is 11.5 Å². The number of rotatable bonds is 9. The average molecular weight is 476 g/mol. The maximum Gasteiger partial charge on any atom is 0.345 e.